The first kappa shape index (κ1) is 11.0. The third-order valence-electron chi connectivity index (χ3n) is 1.66. The minimum Gasteiger partial charge on any atom is -0.495 e. The van der Waals surface area contributed by atoms with Crippen molar-refractivity contribution in [1.82, 2.24) is 4.98 Å². The fourth-order valence-electron chi connectivity index (χ4n) is 0.848. The van der Waals surface area contributed by atoms with E-state index in [4.69, 9.17) is 9.84 Å². The summed E-state index contributed by atoms with van der Waals surface area (Å²) < 4.78 is 5.89. The van der Waals surface area contributed by atoms with Crippen molar-refractivity contribution in [3.8, 4) is 5.75 Å². The largest absolute Gasteiger partial charge is 0.495 e. The molecule has 1 rings (SSSR count). The lowest BCUT2D eigenvalue weighted by molar-refractivity contribution is 0.203. The van der Waals surface area contributed by atoms with Crippen LogP contribution in [0.4, 0.5) is 10.6 Å². The van der Waals surface area contributed by atoms with Gasteiger partial charge in [0.1, 0.15) is 11.6 Å². The number of carbonyl (C=O) groups is 1. The first-order chi connectivity index (χ1) is 6.56. The average Bonchev–Trinajstić information content (AvgIpc) is 2.17. The van der Waals surface area contributed by atoms with Crippen molar-refractivity contribution >= 4 is 34.5 Å². The van der Waals surface area contributed by atoms with Crippen molar-refractivity contribution in [2.75, 3.05) is 19.1 Å². The normalized spacial score (nSPS) is 9.64. The zero-order chi connectivity index (χ0) is 10.7. The molecule has 0 radical (unpaired) electrons. The van der Waals surface area contributed by atoms with E-state index >= 15 is 0 Å². The standard InChI is InChI=1S/C8H9IN2O3/c1-11(8(12)13)7-3-6(14-2)5(9)4-10-7/h3-4H,1-2H3,(H,12,13). The second-order valence-electron chi connectivity index (χ2n) is 2.52. The van der Waals surface area contributed by atoms with Crippen molar-refractivity contribution in [3.05, 3.63) is 15.8 Å². The number of nitrogens with zero attached hydrogens (tertiary/aromatic N) is 2. The van der Waals surface area contributed by atoms with E-state index in [0.29, 0.717) is 11.6 Å². The molecule has 1 amide bonds. The summed E-state index contributed by atoms with van der Waals surface area (Å²) in [5.74, 6) is 0.957. The van der Waals surface area contributed by atoms with Gasteiger partial charge in [-0.25, -0.2) is 9.78 Å². The van der Waals surface area contributed by atoms with Crippen molar-refractivity contribution < 1.29 is 14.6 Å². The van der Waals surface area contributed by atoms with Gasteiger partial charge in [0.15, 0.2) is 0 Å². The van der Waals surface area contributed by atoms with E-state index in [9.17, 15) is 4.79 Å². The number of hydrogen-bond donors (Lipinski definition) is 1. The third kappa shape index (κ3) is 2.25. The van der Waals surface area contributed by atoms with Crippen molar-refractivity contribution in [2.24, 2.45) is 0 Å². The Morgan fingerprint density at radius 1 is 1.71 bits per heavy atom. The summed E-state index contributed by atoms with van der Waals surface area (Å²) in [5.41, 5.74) is 0. The Labute approximate surface area is 94.8 Å². The monoisotopic (exact) mass is 308 g/mol. The van der Waals surface area contributed by atoms with Crippen molar-refractivity contribution in [1.29, 1.82) is 0 Å². The van der Waals surface area contributed by atoms with Gasteiger partial charge in [0.05, 0.1) is 10.7 Å². The summed E-state index contributed by atoms with van der Waals surface area (Å²) in [5, 5.41) is 8.71. The molecule has 5 nitrogen and oxygen atoms in total. The number of aromatic nitrogens is 1. The third-order valence-corrected chi connectivity index (χ3v) is 2.47. The molecule has 0 saturated carbocycles. The summed E-state index contributed by atoms with van der Waals surface area (Å²) in [7, 11) is 2.96. The topological polar surface area (TPSA) is 62.7 Å². The van der Waals surface area contributed by atoms with Crippen LogP contribution in [0.2, 0.25) is 0 Å². The van der Waals surface area contributed by atoms with E-state index in [1.807, 2.05) is 0 Å². The number of amides is 1. The molecule has 0 unspecified atom stereocenters. The molecule has 0 fully saturated rings. The number of carboxylic acid groups (broad SMARTS) is 1. The summed E-state index contributed by atoms with van der Waals surface area (Å²) in [6.07, 6.45) is 0.509. The van der Waals surface area contributed by atoms with Crippen LogP contribution in [0.5, 0.6) is 5.75 Å². The highest BCUT2D eigenvalue weighted by atomic mass is 127. The molecular weight excluding hydrogens is 299 g/mol. The lowest BCUT2D eigenvalue weighted by Gasteiger charge is -2.13. The Morgan fingerprint density at radius 2 is 2.36 bits per heavy atom. The fraction of sp³-hybridized carbons (Fsp3) is 0.250. The Kier molecular flexibility index (Phi) is 3.50. The van der Waals surface area contributed by atoms with Gasteiger partial charge in [0.2, 0.25) is 0 Å². The number of hydrogen-bond acceptors (Lipinski definition) is 3. The van der Waals surface area contributed by atoms with E-state index in [1.54, 1.807) is 12.3 Å². The van der Waals surface area contributed by atoms with E-state index in [-0.39, 0.29) is 0 Å². The maximum absolute atomic E-state index is 10.6. The molecule has 1 aromatic heterocycles. The zero-order valence-corrected chi connectivity index (χ0v) is 9.85. The molecule has 0 spiro atoms. The molecule has 0 aliphatic carbocycles. The van der Waals surface area contributed by atoms with Gasteiger partial charge in [-0.2, -0.15) is 0 Å². The summed E-state index contributed by atoms with van der Waals surface area (Å²) >= 11 is 2.06. The highest BCUT2D eigenvalue weighted by Gasteiger charge is 2.11. The van der Waals surface area contributed by atoms with Crippen LogP contribution in [-0.2, 0) is 0 Å². The lowest BCUT2D eigenvalue weighted by atomic mass is 10.4. The molecule has 14 heavy (non-hydrogen) atoms. The fourth-order valence-corrected chi connectivity index (χ4v) is 1.36. The van der Waals surface area contributed by atoms with Gasteiger partial charge in [0, 0.05) is 19.3 Å². The van der Waals surface area contributed by atoms with Gasteiger partial charge in [-0.05, 0) is 22.6 Å². The zero-order valence-electron chi connectivity index (χ0n) is 7.69. The summed E-state index contributed by atoms with van der Waals surface area (Å²) in [4.78, 5) is 15.6. The van der Waals surface area contributed by atoms with Crippen LogP contribution in [0, 0.1) is 3.57 Å². The number of rotatable bonds is 2. The van der Waals surface area contributed by atoms with Crippen LogP contribution in [0.25, 0.3) is 0 Å². The maximum Gasteiger partial charge on any atom is 0.412 e. The number of methoxy groups -OCH3 is 1. The van der Waals surface area contributed by atoms with Crippen molar-refractivity contribution in [2.45, 2.75) is 0 Å². The van der Waals surface area contributed by atoms with Gasteiger partial charge in [-0.3, -0.25) is 4.90 Å². The smallest absolute Gasteiger partial charge is 0.412 e. The highest BCUT2D eigenvalue weighted by Crippen LogP contribution is 2.23. The Bertz CT molecular complexity index is 356. The highest BCUT2D eigenvalue weighted by molar-refractivity contribution is 14.1. The van der Waals surface area contributed by atoms with E-state index in [0.717, 1.165) is 8.47 Å². The quantitative estimate of drug-likeness (QED) is 0.846. The summed E-state index contributed by atoms with van der Waals surface area (Å²) in [6, 6.07) is 1.58. The minimum absolute atomic E-state index is 0.342. The first-order valence-electron chi connectivity index (χ1n) is 3.72. The van der Waals surface area contributed by atoms with Gasteiger partial charge in [-0.15, -0.1) is 0 Å². The predicted molar refractivity (Wildman–Crippen MR) is 59.9 cm³/mol. The number of pyridine rings is 1. The van der Waals surface area contributed by atoms with Crippen LogP contribution in [0.15, 0.2) is 12.3 Å². The van der Waals surface area contributed by atoms with Crippen LogP contribution in [-0.4, -0.2) is 30.3 Å². The minimum atomic E-state index is -1.05. The average molecular weight is 308 g/mol. The second kappa shape index (κ2) is 4.45. The van der Waals surface area contributed by atoms with E-state index < -0.39 is 6.09 Å². The van der Waals surface area contributed by atoms with Crippen LogP contribution in [0.3, 0.4) is 0 Å². The Balaban J connectivity index is 3.06. The molecule has 76 valence electrons. The second-order valence-corrected chi connectivity index (χ2v) is 3.68. The van der Waals surface area contributed by atoms with E-state index in [2.05, 4.69) is 27.6 Å². The number of ether oxygens (including phenoxy) is 1. The Morgan fingerprint density at radius 3 is 2.86 bits per heavy atom. The maximum atomic E-state index is 10.6. The molecule has 1 heterocycles. The predicted octanol–water partition coefficient (Wildman–Crippen LogP) is 1.81. The molecular formula is C8H9IN2O3. The van der Waals surface area contributed by atoms with Gasteiger partial charge >= 0.3 is 6.09 Å². The van der Waals surface area contributed by atoms with Gasteiger partial charge in [0.25, 0.3) is 0 Å². The summed E-state index contributed by atoms with van der Waals surface area (Å²) in [6.45, 7) is 0. The van der Waals surface area contributed by atoms with Crippen LogP contribution in [0.1, 0.15) is 0 Å². The van der Waals surface area contributed by atoms with E-state index in [1.165, 1.54) is 14.2 Å². The van der Waals surface area contributed by atoms with Gasteiger partial charge < -0.3 is 9.84 Å². The molecule has 0 bridgehead atoms. The van der Waals surface area contributed by atoms with Gasteiger partial charge in [-0.1, -0.05) is 0 Å². The van der Waals surface area contributed by atoms with Crippen LogP contribution >= 0.6 is 22.6 Å². The Hall–Kier alpha value is -1.05. The van der Waals surface area contributed by atoms with Crippen LogP contribution < -0.4 is 9.64 Å². The molecule has 1 aromatic rings. The first-order valence-corrected chi connectivity index (χ1v) is 4.80. The SMILES string of the molecule is COc1cc(N(C)C(=O)O)ncc1I. The molecule has 0 aromatic carbocycles. The molecule has 0 saturated heterocycles. The number of anilines is 1. The lowest BCUT2D eigenvalue weighted by Crippen LogP contribution is -2.24. The molecule has 0 aliphatic heterocycles. The molecule has 0 atom stereocenters. The number of halogens is 1. The van der Waals surface area contributed by atoms with Crippen molar-refractivity contribution in [3.63, 3.8) is 0 Å². The molecule has 1 N–H and O–H groups in total. The molecule has 6 heteroatoms. The molecule has 0 aliphatic rings.